The van der Waals surface area contributed by atoms with Crippen molar-refractivity contribution >= 4 is 22.6 Å². The predicted octanol–water partition coefficient (Wildman–Crippen LogP) is 3.46. The molecule has 31 heavy (non-hydrogen) atoms. The zero-order valence-corrected chi connectivity index (χ0v) is 16.8. The van der Waals surface area contributed by atoms with Gasteiger partial charge in [-0.3, -0.25) is 4.79 Å². The third kappa shape index (κ3) is 3.60. The fourth-order valence-electron chi connectivity index (χ4n) is 3.92. The lowest BCUT2D eigenvalue weighted by Crippen LogP contribution is -2.49. The average Bonchev–Trinajstić information content (AvgIpc) is 3.28. The smallest absolute Gasteiger partial charge is 0.270 e. The molecule has 5 rings (SSSR count). The van der Waals surface area contributed by atoms with Crippen LogP contribution in [0.1, 0.15) is 16.1 Å². The van der Waals surface area contributed by atoms with Crippen LogP contribution in [0.3, 0.4) is 0 Å². The van der Waals surface area contributed by atoms with Gasteiger partial charge in [-0.25, -0.2) is 9.97 Å². The number of carbonyl (C=O) groups is 1. The van der Waals surface area contributed by atoms with E-state index in [0.29, 0.717) is 48.9 Å². The molecule has 0 aliphatic carbocycles. The first-order valence-corrected chi connectivity index (χ1v) is 10.2. The van der Waals surface area contributed by atoms with Crippen LogP contribution in [-0.2, 0) is 0 Å². The lowest BCUT2D eigenvalue weighted by Gasteiger charge is -2.36. The summed E-state index contributed by atoms with van der Waals surface area (Å²) in [5.41, 5.74) is 3.68. The summed E-state index contributed by atoms with van der Waals surface area (Å²) in [5.74, 6) is 0.575. The van der Waals surface area contributed by atoms with Crippen LogP contribution in [0.5, 0.6) is 0 Å². The van der Waals surface area contributed by atoms with E-state index in [0.717, 1.165) is 16.6 Å². The normalized spacial score (nSPS) is 13.9. The van der Waals surface area contributed by atoms with Gasteiger partial charge in [0, 0.05) is 43.3 Å². The minimum Gasteiger partial charge on any atom is -0.367 e. The number of nitriles is 1. The number of amides is 1. The SMILES string of the molecule is N#Cc1ccccc1N1CCN(C(=O)c2cc3cnc(-c4ccccc4)nc3[nH]2)CC1. The van der Waals surface area contributed by atoms with Gasteiger partial charge in [0.1, 0.15) is 17.4 Å². The maximum Gasteiger partial charge on any atom is 0.270 e. The molecule has 7 heteroatoms. The fourth-order valence-corrected chi connectivity index (χ4v) is 3.92. The molecule has 1 amide bonds. The van der Waals surface area contributed by atoms with Crippen LogP contribution in [0.4, 0.5) is 5.69 Å². The van der Waals surface area contributed by atoms with Crippen molar-refractivity contribution in [3.63, 3.8) is 0 Å². The Labute approximate surface area is 179 Å². The number of hydrogen-bond acceptors (Lipinski definition) is 5. The van der Waals surface area contributed by atoms with E-state index in [9.17, 15) is 10.1 Å². The molecule has 152 valence electrons. The third-order valence-corrected chi connectivity index (χ3v) is 5.56. The van der Waals surface area contributed by atoms with Crippen molar-refractivity contribution in [3.05, 3.63) is 78.1 Å². The number of H-pyrrole nitrogens is 1. The summed E-state index contributed by atoms with van der Waals surface area (Å²) in [6.45, 7) is 2.55. The number of fused-ring (bicyclic) bond motifs is 1. The zero-order valence-electron chi connectivity index (χ0n) is 16.8. The zero-order chi connectivity index (χ0) is 21.2. The second-order valence-corrected chi connectivity index (χ2v) is 7.45. The Balaban J connectivity index is 1.32. The van der Waals surface area contributed by atoms with Crippen molar-refractivity contribution in [2.24, 2.45) is 0 Å². The highest BCUT2D eigenvalue weighted by molar-refractivity contribution is 5.97. The second kappa shape index (κ2) is 7.92. The summed E-state index contributed by atoms with van der Waals surface area (Å²) in [6, 6.07) is 21.4. The summed E-state index contributed by atoms with van der Waals surface area (Å²) in [7, 11) is 0. The number of nitrogens with one attached hydrogen (secondary N) is 1. The predicted molar refractivity (Wildman–Crippen MR) is 119 cm³/mol. The van der Waals surface area contributed by atoms with Crippen molar-refractivity contribution in [1.82, 2.24) is 19.9 Å². The molecule has 3 heterocycles. The highest BCUT2D eigenvalue weighted by atomic mass is 16.2. The average molecular weight is 408 g/mol. The van der Waals surface area contributed by atoms with Crippen LogP contribution in [0, 0.1) is 11.3 Å². The van der Waals surface area contributed by atoms with Crippen molar-refractivity contribution in [1.29, 1.82) is 5.26 Å². The van der Waals surface area contributed by atoms with E-state index >= 15 is 0 Å². The van der Waals surface area contributed by atoms with Crippen molar-refractivity contribution in [3.8, 4) is 17.5 Å². The number of para-hydroxylation sites is 1. The van der Waals surface area contributed by atoms with Gasteiger partial charge in [0.15, 0.2) is 5.82 Å². The number of carbonyl (C=O) groups excluding carboxylic acids is 1. The van der Waals surface area contributed by atoms with Crippen LogP contribution in [0.2, 0.25) is 0 Å². The molecule has 1 aliphatic rings. The van der Waals surface area contributed by atoms with Gasteiger partial charge in [-0.2, -0.15) is 5.26 Å². The summed E-state index contributed by atoms with van der Waals surface area (Å²) < 4.78 is 0. The largest absolute Gasteiger partial charge is 0.367 e. The van der Waals surface area contributed by atoms with E-state index in [2.05, 4.69) is 25.9 Å². The van der Waals surface area contributed by atoms with Crippen molar-refractivity contribution in [2.45, 2.75) is 0 Å². The van der Waals surface area contributed by atoms with E-state index < -0.39 is 0 Å². The Morgan fingerprint density at radius 1 is 1.00 bits per heavy atom. The first-order chi connectivity index (χ1) is 15.2. The molecule has 1 saturated heterocycles. The third-order valence-electron chi connectivity index (χ3n) is 5.56. The molecule has 2 aromatic carbocycles. The van der Waals surface area contributed by atoms with E-state index in [1.807, 2.05) is 65.6 Å². The first kappa shape index (κ1) is 18.8. The minimum atomic E-state index is -0.0486. The van der Waals surface area contributed by atoms with E-state index in [1.54, 1.807) is 6.20 Å². The van der Waals surface area contributed by atoms with Gasteiger partial charge >= 0.3 is 0 Å². The van der Waals surface area contributed by atoms with Gasteiger partial charge < -0.3 is 14.8 Å². The molecular formula is C24H20N6O. The van der Waals surface area contributed by atoms with Crippen LogP contribution >= 0.6 is 0 Å². The molecular weight excluding hydrogens is 388 g/mol. The topological polar surface area (TPSA) is 88.9 Å². The van der Waals surface area contributed by atoms with Gasteiger partial charge in [0.05, 0.1) is 11.3 Å². The molecule has 0 radical (unpaired) electrons. The monoisotopic (exact) mass is 408 g/mol. The Hall–Kier alpha value is -4.18. The van der Waals surface area contributed by atoms with Crippen molar-refractivity contribution in [2.75, 3.05) is 31.1 Å². The molecule has 7 nitrogen and oxygen atoms in total. The van der Waals surface area contributed by atoms with Gasteiger partial charge in [-0.15, -0.1) is 0 Å². The maximum atomic E-state index is 13.1. The minimum absolute atomic E-state index is 0.0486. The molecule has 0 saturated carbocycles. The van der Waals surface area contributed by atoms with Gasteiger partial charge in [-0.1, -0.05) is 42.5 Å². The van der Waals surface area contributed by atoms with E-state index in [-0.39, 0.29) is 5.91 Å². The number of aromatic amines is 1. The number of anilines is 1. The number of nitrogens with zero attached hydrogens (tertiary/aromatic N) is 5. The summed E-state index contributed by atoms with van der Waals surface area (Å²) in [4.78, 5) is 29.2. The number of benzene rings is 2. The number of aromatic nitrogens is 3. The lowest BCUT2D eigenvalue weighted by molar-refractivity contribution is 0.0742. The number of hydrogen-bond donors (Lipinski definition) is 1. The Kier molecular flexibility index (Phi) is 4.81. The summed E-state index contributed by atoms with van der Waals surface area (Å²) in [6.07, 6.45) is 1.74. The van der Waals surface area contributed by atoms with Crippen LogP contribution in [0.15, 0.2) is 66.9 Å². The molecule has 0 unspecified atom stereocenters. The van der Waals surface area contributed by atoms with Crippen LogP contribution in [-0.4, -0.2) is 51.9 Å². The molecule has 1 N–H and O–H groups in total. The lowest BCUT2D eigenvalue weighted by atomic mass is 10.1. The fraction of sp³-hybridized carbons (Fsp3) is 0.167. The maximum absolute atomic E-state index is 13.1. The van der Waals surface area contributed by atoms with Gasteiger partial charge in [-0.05, 0) is 18.2 Å². The Morgan fingerprint density at radius 3 is 2.52 bits per heavy atom. The highest BCUT2D eigenvalue weighted by Crippen LogP contribution is 2.23. The van der Waals surface area contributed by atoms with Crippen LogP contribution < -0.4 is 4.90 Å². The standard InChI is InChI=1S/C24H20N6O/c25-15-18-8-4-5-9-21(18)29-10-12-30(13-11-29)24(31)20-14-19-16-26-22(28-23(19)27-20)17-6-2-1-3-7-17/h1-9,14,16H,10-13H2,(H,26,27,28). The quantitative estimate of drug-likeness (QED) is 0.561. The summed E-state index contributed by atoms with van der Waals surface area (Å²) >= 11 is 0. The van der Waals surface area contributed by atoms with Crippen LogP contribution in [0.25, 0.3) is 22.4 Å². The second-order valence-electron chi connectivity index (χ2n) is 7.45. The molecule has 4 aromatic rings. The van der Waals surface area contributed by atoms with E-state index in [1.165, 1.54) is 0 Å². The first-order valence-electron chi connectivity index (χ1n) is 10.2. The van der Waals surface area contributed by atoms with Gasteiger partial charge in [0.2, 0.25) is 0 Å². The molecule has 0 atom stereocenters. The summed E-state index contributed by atoms with van der Waals surface area (Å²) in [5, 5.41) is 10.2. The van der Waals surface area contributed by atoms with Gasteiger partial charge in [0.25, 0.3) is 5.91 Å². The molecule has 0 bridgehead atoms. The Morgan fingerprint density at radius 2 is 1.74 bits per heavy atom. The Bertz CT molecular complexity index is 1280. The molecule has 2 aromatic heterocycles. The molecule has 0 spiro atoms. The highest BCUT2D eigenvalue weighted by Gasteiger charge is 2.24. The number of piperazine rings is 1. The number of rotatable bonds is 3. The van der Waals surface area contributed by atoms with Crippen molar-refractivity contribution < 1.29 is 4.79 Å². The molecule has 1 fully saturated rings. The van der Waals surface area contributed by atoms with E-state index in [4.69, 9.17) is 0 Å². The molecule has 1 aliphatic heterocycles.